The van der Waals surface area contributed by atoms with E-state index in [9.17, 15) is 4.79 Å². The minimum Gasteiger partial charge on any atom is -0.497 e. The van der Waals surface area contributed by atoms with Crippen LogP contribution in [0.15, 0.2) is 78.0 Å². The van der Waals surface area contributed by atoms with Gasteiger partial charge < -0.3 is 9.47 Å². The van der Waals surface area contributed by atoms with Gasteiger partial charge in [-0.25, -0.2) is 9.48 Å². The summed E-state index contributed by atoms with van der Waals surface area (Å²) in [6, 6.07) is 18.0. The molecule has 0 aliphatic carbocycles. The Hall–Kier alpha value is -3.41. The molecule has 1 aromatic heterocycles. The van der Waals surface area contributed by atoms with Gasteiger partial charge in [-0.3, -0.25) is 0 Å². The Morgan fingerprint density at radius 2 is 1.71 bits per heavy atom. The molecule has 6 heteroatoms. The van der Waals surface area contributed by atoms with E-state index in [2.05, 4.69) is 10.1 Å². The van der Waals surface area contributed by atoms with Crippen molar-refractivity contribution >= 4 is 6.09 Å². The predicted octanol–water partition coefficient (Wildman–Crippen LogP) is 2.98. The first kappa shape index (κ1) is 15.5. The zero-order valence-corrected chi connectivity index (χ0v) is 13.0. The van der Waals surface area contributed by atoms with Crippen molar-refractivity contribution in [1.82, 2.24) is 9.78 Å². The van der Waals surface area contributed by atoms with Gasteiger partial charge in [-0.1, -0.05) is 18.2 Å². The fourth-order valence-electron chi connectivity index (χ4n) is 2.02. The van der Waals surface area contributed by atoms with Crippen molar-refractivity contribution in [2.45, 2.75) is 0 Å². The van der Waals surface area contributed by atoms with Crippen LogP contribution in [0.1, 0.15) is 0 Å². The third kappa shape index (κ3) is 3.86. The average molecular weight is 321 g/mol. The molecule has 0 aliphatic rings. The molecule has 3 rings (SSSR count). The fourth-order valence-corrected chi connectivity index (χ4v) is 2.02. The summed E-state index contributed by atoms with van der Waals surface area (Å²) in [5, 5.41) is 4.65. The highest BCUT2D eigenvalue weighted by Crippen LogP contribution is 2.17. The molecule has 0 fully saturated rings. The van der Waals surface area contributed by atoms with Gasteiger partial charge in [0.05, 0.1) is 24.4 Å². The maximum atomic E-state index is 11.8. The number of methoxy groups -OCH3 is 1. The number of carbonyl (C=O) groups excluding carboxylic acids is 1. The maximum absolute atomic E-state index is 11.8. The Balaban J connectivity index is 1.72. The van der Waals surface area contributed by atoms with Gasteiger partial charge in [0.1, 0.15) is 11.5 Å². The Kier molecular flexibility index (Phi) is 4.67. The topological polar surface area (TPSA) is 65.7 Å². The van der Waals surface area contributed by atoms with Crippen LogP contribution in [0.2, 0.25) is 0 Å². The predicted molar refractivity (Wildman–Crippen MR) is 88.1 cm³/mol. The number of hydrogen-bond donors (Lipinski definition) is 0. The summed E-state index contributed by atoms with van der Waals surface area (Å²) in [7, 11) is 1.57. The van der Waals surface area contributed by atoms with Crippen molar-refractivity contribution in [1.29, 1.82) is 0 Å². The minimum atomic E-state index is -0.709. The van der Waals surface area contributed by atoms with Crippen LogP contribution in [-0.2, 0) is 0 Å². The van der Waals surface area contributed by atoms with E-state index in [-0.39, 0.29) is 0 Å². The van der Waals surface area contributed by atoms with E-state index >= 15 is 0 Å². The van der Waals surface area contributed by atoms with Crippen LogP contribution in [-0.4, -0.2) is 23.0 Å². The first-order valence-electron chi connectivity index (χ1n) is 7.25. The lowest BCUT2D eigenvalue weighted by Gasteiger charge is -2.04. The second kappa shape index (κ2) is 7.23. The molecule has 120 valence electrons. The zero-order valence-electron chi connectivity index (χ0n) is 13.0. The number of amides is 1. The molecular weight excluding hydrogens is 306 g/mol. The number of para-hydroxylation sites is 1. The monoisotopic (exact) mass is 321 g/mol. The third-order valence-corrected chi connectivity index (χ3v) is 3.21. The Bertz CT molecular complexity index is 867. The van der Waals surface area contributed by atoms with Crippen molar-refractivity contribution in [2.75, 3.05) is 7.11 Å². The Morgan fingerprint density at radius 1 is 1.00 bits per heavy atom. The van der Waals surface area contributed by atoms with E-state index in [1.165, 1.54) is 6.20 Å². The van der Waals surface area contributed by atoms with E-state index in [4.69, 9.17) is 9.47 Å². The minimum absolute atomic E-state index is 0.396. The zero-order chi connectivity index (χ0) is 16.8. The van der Waals surface area contributed by atoms with Gasteiger partial charge in [-0.15, -0.1) is 0 Å². The van der Waals surface area contributed by atoms with Gasteiger partial charge in [-0.2, -0.15) is 10.1 Å². The third-order valence-electron chi connectivity index (χ3n) is 3.21. The number of nitrogens with zero attached hydrogens (tertiary/aromatic N) is 3. The SMILES string of the molecule is COc1ccc(OC(=O)N=c2ccn(-c3ccccc3)nc2)cc1. The highest BCUT2D eigenvalue weighted by molar-refractivity contribution is 5.71. The number of ether oxygens (including phenoxy) is 2. The van der Waals surface area contributed by atoms with Gasteiger partial charge in [0, 0.05) is 6.20 Å². The molecule has 0 spiro atoms. The molecule has 0 N–H and O–H groups in total. The number of carbonyl (C=O) groups is 1. The molecule has 0 aliphatic heterocycles. The largest absolute Gasteiger partial charge is 0.497 e. The summed E-state index contributed by atoms with van der Waals surface area (Å²) < 4.78 is 11.9. The second-order valence-corrected chi connectivity index (χ2v) is 4.82. The van der Waals surface area contributed by atoms with Gasteiger partial charge in [0.2, 0.25) is 0 Å². The number of hydrogen-bond acceptors (Lipinski definition) is 4. The smallest absolute Gasteiger partial charge is 0.439 e. The maximum Gasteiger partial charge on any atom is 0.439 e. The average Bonchev–Trinajstić information content (AvgIpc) is 2.64. The number of rotatable bonds is 3. The van der Waals surface area contributed by atoms with Crippen molar-refractivity contribution < 1.29 is 14.3 Å². The lowest BCUT2D eigenvalue weighted by molar-refractivity contribution is 0.210. The first-order chi connectivity index (χ1) is 11.7. The van der Waals surface area contributed by atoms with Crippen molar-refractivity contribution in [3.63, 3.8) is 0 Å². The van der Waals surface area contributed by atoms with Crippen LogP contribution in [0, 0.1) is 0 Å². The van der Waals surface area contributed by atoms with E-state index in [0.717, 1.165) is 5.69 Å². The highest BCUT2D eigenvalue weighted by Gasteiger charge is 2.02. The van der Waals surface area contributed by atoms with Crippen LogP contribution in [0.3, 0.4) is 0 Å². The molecule has 0 atom stereocenters. The molecule has 0 unspecified atom stereocenters. The summed E-state index contributed by atoms with van der Waals surface area (Å²) in [6.07, 6.45) is 2.52. The second-order valence-electron chi connectivity index (χ2n) is 4.82. The molecule has 0 radical (unpaired) electrons. The summed E-state index contributed by atoms with van der Waals surface area (Å²) in [5.41, 5.74) is 0.921. The number of aromatic nitrogens is 2. The van der Waals surface area contributed by atoms with Gasteiger partial charge in [0.15, 0.2) is 0 Å². The molecule has 2 aromatic carbocycles. The van der Waals surface area contributed by atoms with Crippen molar-refractivity contribution in [3.05, 3.63) is 78.4 Å². The number of benzene rings is 2. The van der Waals surface area contributed by atoms with Crippen LogP contribution in [0.25, 0.3) is 5.69 Å². The highest BCUT2D eigenvalue weighted by atomic mass is 16.5. The van der Waals surface area contributed by atoms with Gasteiger partial charge >= 0.3 is 6.09 Å². The standard InChI is InChI=1S/C18H15N3O3/c1-23-16-7-9-17(10-8-16)24-18(22)20-14-11-12-21(19-13-14)15-5-3-2-4-6-15/h2-13H,1H3. The molecule has 6 nitrogen and oxygen atoms in total. The first-order valence-corrected chi connectivity index (χ1v) is 7.25. The molecule has 3 aromatic rings. The molecule has 0 saturated carbocycles. The van der Waals surface area contributed by atoms with Gasteiger partial charge in [0.25, 0.3) is 0 Å². The summed E-state index contributed by atoms with van der Waals surface area (Å²) in [4.78, 5) is 15.7. The van der Waals surface area contributed by atoms with Gasteiger partial charge in [-0.05, 0) is 42.5 Å². The van der Waals surface area contributed by atoms with E-state index < -0.39 is 6.09 Å². The van der Waals surface area contributed by atoms with Crippen molar-refractivity contribution in [2.24, 2.45) is 4.99 Å². The quantitative estimate of drug-likeness (QED) is 0.744. The fraction of sp³-hybridized carbons (Fsp3) is 0.0556. The molecule has 0 saturated heterocycles. The van der Waals surface area contributed by atoms with Crippen LogP contribution in [0.4, 0.5) is 4.79 Å². The van der Waals surface area contributed by atoms with Crippen LogP contribution in [0.5, 0.6) is 11.5 Å². The summed E-state index contributed by atoms with van der Waals surface area (Å²) >= 11 is 0. The Labute approximate surface area is 138 Å². The summed E-state index contributed by atoms with van der Waals surface area (Å²) in [6.45, 7) is 0. The molecule has 1 amide bonds. The van der Waals surface area contributed by atoms with Crippen LogP contribution >= 0.6 is 0 Å². The molecular formula is C18H15N3O3. The van der Waals surface area contributed by atoms with E-state index in [0.29, 0.717) is 16.9 Å². The lowest BCUT2D eigenvalue weighted by atomic mass is 10.3. The van der Waals surface area contributed by atoms with E-state index in [1.807, 2.05) is 30.3 Å². The Morgan fingerprint density at radius 3 is 2.33 bits per heavy atom. The summed E-state index contributed by atoms with van der Waals surface area (Å²) in [5.74, 6) is 1.08. The molecule has 0 bridgehead atoms. The normalized spacial score (nSPS) is 11.1. The van der Waals surface area contributed by atoms with Crippen LogP contribution < -0.4 is 14.8 Å². The molecule has 24 heavy (non-hydrogen) atoms. The van der Waals surface area contributed by atoms with E-state index in [1.54, 1.807) is 48.3 Å². The molecule has 1 heterocycles. The van der Waals surface area contributed by atoms with Crippen molar-refractivity contribution in [3.8, 4) is 17.2 Å². The lowest BCUT2D eigenvalue weighted by Crippen LogP contribution is -2.13.